The van der Waals surface area contributed by atoms with E-state index in [1.165, 1.54) is 0 Å². The molecule has 5 heteroatoms. The molecule has 1 amide bonds. The van der Waals surface area contributed by atoms with E-state index < -0.39 is 16.2 Å². The molecule has 0 aromatic carbocycles. The fraction of sp³-hybridized carbons (Fsp3) is 0.750. The maximum Gasteiger partial charge on any atom is 0.226 e. The van der Waals surface area contributed by atoms with Crippen molar-refractivity contribution in [3.05, 3.63) is 23.3 Å². The lowest BCUT2D eigenvalue weighted by atomic mass is 9.34. The van der Waals surface area contributed by atoms with Gasteiger partial charge >= 0.3 is 0 Å². The highest BCUT2D eigenvalue weighted by Crippen LogP contribution is 2.74. The van der Waals surface area contributed by atoms with Gasteiger partial charge in [-0.25, -0.2) is 0 Å². The van der Waals surface area contributed by atoms with Crippen LogP contribution in [0.3, 0.4) is 0 Å². The van der Waals surface area contributed by atoms with Gasteiger partial charge in [0.1, 0.15) is 6.07 Å². The van der Waals surface area contributed by atoms with E-state index in [4.69, 9.17) is 0 Å². The summed E-state index contributed by atoms with van der Waals surface area (Å²) in [7, 11) is 1.73. The van der Waals surface area contributed by atoms with E-state index in [0.29, 0.717) is 0 Å². The SMILES string of the molecule is CNC(=O)[C@]12CCC(C)(C)C[C@H]1[C@H]1C(=O)C=C3[C@@]4(C)C=C(C#N)C(=O)C(C)(C)[C@@H]4CC[C@@]3(C)[C@]1(C)CC2. The highest BCUT2D eigenvalue weighted by atomic mass is 16.2. The molecule has 200 valence electrons. The van der Waals surface area contributed by atoms with Gasteiger partial charge in [0.25, 0.3) is 0 Å². The molecule has 0 saturated heterocycles. The molecule has 0 unspecified atom stereocenters. The smallest absolute Gasteiger partial charge is 0.226 e. The number of hydrogen-bond donors (Lipinski definition) is 1. The summed E-state index contributed by atoms with van der Waals surface area (Å²) < 4.78 is 0. The van der Waals surface area contributed by atoms with Gasteiger partial charge in [-0.15, -0.1) is 0 Å². The Bertz CT molecular complexity index is 1200. The van der Waals surface area contributed by atoms with Crippen LogP contribution in [0.2, 0.25) is 0 Å². The average Bonchev–Trinajstić information content (AvgIpc) is 2.82. The van der Waals surface area contributed by atoms with Crippen LogP contribution in [-0.2, 0) is 14.4 Å². The number of fused-ring (bicyclic) bond motifs is 7. The zero-order chi connectivity index (χ0) is 27.4. The van der Waals surface area contributed by atoms with Crippen molar-refractivity contribution < 1.29 is 14.4 Å². The van der Waals surface area contributed by atoms with Crippen molar-refractivity contribution >= 4 is 17.5 Å². The number of nitriles is 1. The Kier molecular flexibility index (Phi) is 5.47. The molecule has 5 aliphatic carbocycles. The highest BCUT2D eigenvalue weighted by molar-refractivity contribution is 6.04. The quantitative estimate of drug-likeness (QED) is 0.478. The van der Waals surface area contributed by atoms with Gasteiger partial charge in [-0.05, 0) is 79.1 Å². The summed E-state index contributed by atoms with van der Waals surface area (Å²) in [5.74, 6) is 0.0213. The number of Topliss-reactive ketones (excluding diaryl/α,β-unsaturated/α-hetero) is 1. The summed E-state index contributed by atoms with van der Waals surface area (Å²) in [6.45, 7) is 15.3. The van der Waals surface area contributed by atoms with Gasteiger partial charge in [0, 0.05) is 23.8 Å². The Morgan fingerprint density at radius 3 is 2.27 bits per heavy atom. The van der Waals surface area contributed by atoms with Gasteiger partial charge in [-0.3, -0.25) is 14.4 Å². The van der Waals surface area contributed by atoms with Crippen LogP contribution in [0.5, 0.6) is 0 Å². The van der Waals surface area contributed by atoms with E-state index >= 15 is 0 Å². The summed E-state index contributed by atoms with van der Waals surface area (Å²) in [6, 6.07) is 2.18. The second-order valence-electron chi connectivity index (χ2n) is 15.0. The number of carbonyl (C=O) groups is 3. The summed E-state index contributed by atoms with van der Waals surface area (Å²) in [5, 5.41) is 12.8. The van der Waals surface area contributed by atoms with Crippen molar-refractivity contribution in [1.29, 1.82) is 5.26 Å². The Balaban J connectivity index is 1.71. The average molecular weight is 505 g/mol. The molecule has 0 bridgehead atoms. The zero-order valence-corrected chi connectivity index (χ0v) is 24.0. The minimum absolute atomic E-state index is 0.0113. The Morgan fingerprint density at radius 1 is 1.00 bits per heavy atom. The van der Waals surface area contributed by atoms with Gasteiger partial charge < -0.3 is 5.32 Å². The van der Waals surface area contributed by atoms with Gasteiger partial charge in [-0.1, -0.05) is 60.1 Å². The Hall–Kier alpha value is -2.22. The molecule has 5 rings (SSSR count). The molecule has 3 fully saturated rings. The molecule has 37 heavy (non-hydrogen) atoms. The highest BCUT2D eigenvalue weighted by Gasteiger charge is 2.70. The van der Waals surface area contributed by atoms with E-state index in [1.54, 1.807) is 7.05 Å². The number of hydrogen-bond acceptors (Lipinski definition) is 4. The lowest BCUT2D eigenvalue weighted by Crippen LogP contribution is -2.66. The molecule has 7 atom stereocenters. The number of amides is 1. The van der Waals surface area contributed by atoms with Gasteiger partial charge in [0.15, 0.2) is 11.6 Å². The first-order chi connectivity index (χ1) is 17.0. The van der Waals surface area contributed by atoms with E-state index in [2.05, 4.69) is 46.0 Å². The maximum atomic E-state index is 14.4. The molecule has 3 saturated carbocycles. The van der Waals surface area contributed by atoms with Gasteiger partial charge in [0.05, 0.1) is 11.0 Å². The van der Waals surface area contributed by atoms with Crippen molar-refractivity contribution in [2.75, 3.05) is 7.05 Å². The number of rotatable bonds is 1. The van der Waals surface area contributed by atoms with Crippen LogP contribution in [0, 0.1) is 61.6 Å². The fourth-order valence-electron chi connectivity index (χ4n) is 10.3. The number of ketones is 2. The molecule has 0 aromatic rings. The Morgan fingerprint density at radius 2 is 1.65 bits per heavy atom. The number of nitrogens with one attached hydrogen (secondary N) is 1. The minimum Gasteiger partial charge on any atom is -0.359 e. The number of allylic oxidation sites excluding steroid dienone is 4. The van der Waals surface area contributed by atoms with Crippen molar-refractivity contribution in [2.24, 2.45) is 50.2 Å². The van der Waals surface area contributed by atoms with Crippen molar-refractivity contribution in [3.63, 3.8) is 0 Å². The van der Waals surface area contributed by atoms with Crippen LogP contribution >= 0.6 is 0 Å². The van der Waals surface area contributed by atoms with Crippen LogP contribution < -0.4 is 5.32 Å². The predicted molar refractivity (Wildman–Crippen MR) is 143 cm³/mol. The predicted octanol–water partition coefficient (Wildman–Crippen LogP) is 5.95. The second kappa shape index (κ2) is 7.67. The molecule has 0 heterocycles. The molecule has 5 nitrogen and oxygen atoms in total. The first-order valence-electron chi connectivity index (χ1n) is 14.2. The summed E-state index contributed by atoms with van der Waals surface area (Å²) in [6.07, 6.45) is 9.95. The first-order valence-corrected chi connectivity index (χ1v) is 14.2. The first kappa shape index (κ1) is 26.4. The van der Waals surface area contributed by atoms with E-state index in [-0.39, 0.29) is 57.0 Å². The molecular weight excluding hydrogens is 460 g/mol. The third-order valence-corrected chi connectivity index (χ3v) is 12.5. The van der Waals surface area contributed by atoms with Crippen LogP contribution in [0.15, 0.2) is 23.3 Å². The van der Waals surface area contributed by atoms with E-state index in [1.807, 2.05) is 26.0 Å². The normalized spacial score (nSPS) is 45.6. The van der Waals surface area contributed by atoms with Crippen molar-refractivity contribution in [3.8, 4) is 6.07 Å². The second-order valence-corrected chi connectivity index (χ2v) is 15.0. The molecule has 0 radical (unpaired) electrons. The summed E-state index contributed by atoms with van der Waals surface area (Å²) in [5.41, 5.74) is -0.787. The Labute approximate surface area is 222 Å². The monoisotopic (exact) mass is 504 g/mol. The number of carbonyl (C=O) groups excluding carboxylic acids is 3. The zero-order valence-electron chi connectivity index (χ0n) is 24.0. The maximum absolute atomic E-state index is 14.4. The van der Waals surface area contributed by atoms with Gasteiger partial charge in [0.2, 0.25) is 5.91 Å². The third-order valence-electron chi connectivity index (χ3n) is 12.5. The fourth-order valence-corrected chi connectivity index (χ4v) is 10.3. The van der Waals surface area contributed by atoms with Gasteiger partial charge in [-0.2, -0.15) is 5.26 Å². The minimum atomic E-state index is -0.661. The van der Waals surface area contributed by atoms with Crippen LogP contribution in [-0.4, -0.2) is 24.5 Å². The van der Waals surface area contributed by atoms with Crippen molar-refractivity contribution in [2.45, 2.75) is 93.4 Å². The molecule has 0 aliphatic heterocycles. The van der Waals surface area contributed by atoms with Crippen LogP contribution in [0.4, 0.5) is 0 Å². The third kappa shape index (κ3) is 3.11. The van der Waals surface area contributed by atoms with Crippen LogP contribution in [0.25, 0.3) is 0 Å². The molecule has 0 spiro atoms. The van der Waals surface area contributed by atoms with Crippen LogP contribution in [0.1, 0.15) is 93.4 Å². The molecule has 5 aliphatic rings. The van der Waals surface area contributed by atoms with E-state index in [9.17, 15) is 19.6 Å². The summed E-state index contributed by atoms with van der Waals surface area (Å²) >= 11 is 0. The molecule has 1 N–H and O–H groups in total. The topological polar surface area (TPSA) is 87.0 Å². The lowest BCUT2D eigenvalue weighted by molar-refractivity contribution is -0.178. The molecular formula is C32H44N2O3. The standard InChI is InChI=1S/C32H44N2O3/c1-27(2)11-13-32(26(37)34-8)14-12-31(7)24(20(32)17-27)21(35)15-23-29(5)16-19(18-33)25(36)28(3,4)22(29)9-10-30(23,31)6/h15-16,20,22,24H,9-14,17H2,1-8H3,(H,34,37)/t20-,22-,24-,29-,30+,31+,32-/m0/s1. The lowest BCUT2D eigenvalue weighted by Gasteiger charge is -2.69. The number of nitrogens with zero attached hydrogens (tertiary/aromatic N) is 1. The largest absolute Gasteiger partial charge is 0.359 e. The van der Waals surface area contributed by atoms with E-state index in [0.717, 1.165) is 50.5 Å². The molecule has 0 aromatic heterocycles. The van der Waals surface area contributed by atoms with Crippen molar-refractivity contribution in [1.82, 2.24) is 5.32 Å². The summed E-state index contributed by atoms with van der Waals surface area (Å²) in [4.78, 5) is 41.1.